The van der Waals surface area contributed by atoms with Crippen LogP contribution >= 0.6 is 22.7 Å². The van der Waals surface area contributed by atoms with Gasteiger partial charge in [0.05, 0.1) is 39.6 Å². The van der Waals surface area contributed by atoms with Gasteiger partial charge in [-0.1, -0.05) is 28.7 Å². The maximum Gasteiger partial charge on any atom is 0.274 e. The Hall–Kier alpha value is -6.86. The van der Waals surface area contributed by atoms with E-state index in [1.807, 2.05) is 53.1 Å². The quantitative estimate of drug-likeness (QED) is 0.0344. The van der Waals surface area contributed by atoms with E-state index in [1.54, 1.807) is 79.6 Å². The largest absolute Gasteiger partial charge is 0.493 e. The van der Waals surface area contributed by atoms with Gasteiger partial charge in [0.2, 0.25) is 12.7 Å². The summed E-state index contributed by atoms with van der Waals surface area (Å²) in [4.78, 5) is 50.2. The number of amides is 2. The number of aryl methyl sites for hydroxylation is 2. The fraction of sp³-hybridized carbons (Fsp3) is 0.105. The first-order valence-electron chi connectivity index (χ1n) is 17.0. The van der Waals surface area contributed by atoms with Crippen LogP contribution in [-0.2, 0) is 4.84 Å². The Morgan fingerprint density at radius 2 is 1.39 bits per heavy atom. The molecule has 0 aliphatic rings. The highest BCUT2D eigenvalue weighted by Gasteiger charge is 2.19. The van der Waals surface area contributed by atoms with E-state index in [1.165, 1.54) is 22.7 Å². The van der Waals surface area contributed by atoms with E-state index in [4.69, 9.17) is 24.5 Å². The van der Waals surface area contributed by atoms with Gasteiger partial charge in [-0.3, -0.25) is 23.6 Å². The number of carbonyl (C=O) groups excluding carboxylic acids is 2. The van der Waals surface area contributed by atoms with Gasteiger partial charge in [0, 0.05) is 41.1 Å². The monoisotopic (exact) mass is 788 g/mol. The Labute approximate surface area is 326 Å². The lowest BCUT2D eigenvalue weighted by Crippen LogP contribution is -2.26. The van der Waals surface area contributed by atoms with Gasteiger partial charge in [-0.15, -0.1) is 0 Å². The number of hydrogen-bond acceptors (Lipinski definition) is 14. The summed E-state index contributed by atoms with van der Waals surface area (Å²) < 4.78 is 15.3. The van der Waals surface area contributed by atoms with E-state index in [0.29, 0.717) is 44.4 Å². The van der Waals surface area contributed by atoms with Crippen LogP contribution in [0.2, 0.25) is 0 Å². The molecule has 2 amide bonds. The second-order valence-electron chi connectivity index (χ2n) is 12.2. The fourth-order valence-electron chi connectivity index (χ4n) is 6.04. The van der Waals surface area contributed by atoms with Crippen molar-refractivity contribution in [3.05, 3.63) is 120 Å². The standard InChI is InChI=1S/C38H32N10O6S2/c1-21-32(47-17-5-6-27(52-3)34(47)42-21)28-18-39-37(55-28)43-26-15-11-24(12-16-26)36(50)46-54-20-53-31-8-4-7-30-41-22(2)33(48(30)31)29-19-40-38(56-29)44-25-13-9-23(10-14-25)35(49)45-51/h4-19,51H,20H2,1-3H3,(H,39,43)(H,40,44)(H,45,49)(H,46,50). The molecule has 0 fully saturated rings. The number of hydrogen-bond donors (Lipinski definition) is 5. The molecule has 0 aliphatic carbocycles. The van der Waals surface area contributed by atoms with E-state index < -0.39 is 11.8 Å². The number of fused-ring (bicyclic) bond motifs is 2. The predicted octanol–water partition coefficient (Wildman–Crippen LogP) is 7.16. The zero-order valence-electron chi connectivity index (χ0n) is 29.9. The molecule has 282 valence electrons. The first-order valence-corrected chi connectivity index (χ1v) is 18.6. The van der Waals surface area contributed by atoms with Gasteiger partial charge in [-0.05, 0) is 86.6 Å². The van der Waals surface area contributed by atoms with Crippen molar-refractivity contribution in [2.24, 2.45) is 0 Å². The number of ether oxygens (including phenoxy) is 2. The number of anilines is 4. The number of methoxy groups -OCH3 is 1. The number of pyridine rings is 2. The third-order valence-corrected chi connectivity index (χ3v) is 10.4. The summed E-state index contributed by atoms with van der Waals surface area (Å²) in [5.74, 6) is 0.107. The number of thiazole rings is 2. The van der Waals surface area contributed by atoms with Gasteiger partial charge >= 0.3 is 0 Å². The maximum absolute atomic E-state index is 12.9. The van der Waals surface area contributed by atoms with E-state index in [-0.39, 0.29) is 6.79 Å². The van der Waals surface area contributed by atoms with Gasteiger partial charge in [0.25, 0.3) is 11.8 Å². The molecule has 16 nitrogen and oxygen atoms in total. The van der Waals surface area contributed by atoms with E-state index in [2.05, 4.69) is 31.1 Å². The zero-order valence-corrected chi connectivity index (χ0v) is 31.6. The molecule has 6 aromatic heterocycles. The van der Waals surface area contributed by atoms with E-state index in [9.17, 15) is 9.59 Å². The lowest BCUT2D eigenvalue weighted by molar-refractivity contribution is -0.0390. The first kappa shape index (κ1) is 36.1. The second-order valence-corrected chi connectivity index (χ2v) is 14.2. The smallest absolute Gasteiger partial charge is 0.274 e. The molecule has 8 aromatic rings. The number of imidazole rings is 2. The van der Waals surface area contributed by atoms with Crippen molar-refractivity contribution in [2.45, 2.75) is 13.8 Å². The summed E-state index contributed by atoms with van der Waals surface area (Å²) in [5.41, 5.74) is 11.0. The van der Waals surface area contributed by atoms with Crippen molar-refractivity contribution in [1.82, 2.24) is 39.7 Å². The molecular weight excluding hydrogens is 757 g/mol. The van der Waals surface area contributed by atoms with Crippen LogP contribution in [0.15, 0.2) is 97.5 Å². The third-order valence-electron chi connectivity index (χ3n) is 8.60. The molecule has 6 heterocycles. The molecule has 2 aromatic carbocycles. The minimum absolute atomic E-state index is 0.272. The van der Waals surface area contributed by atoms with Crippen LogP contribution in [-0.4, -0.2) is 59.7 Å². The van der Waals surface area contributed by atoms with Crippen LogP contribution in [0.1, 0.15) is 32.1 Å². The Bertz CT molecular complexity index is 2700. The highest BCUT2D eigenvalue weighted by atomic mass is 32.1. The summed E-state index contributed by atoms with van der Waals surface area (Å²) in [6, 6.07) is 22.8. The molecule has 0 spiro atoms. The maximum atomic E-state index is 12.9. The van der Waals surface area contributed by atoms with Gasteiger partial charge in [0.15, 0.2) is 21.7 Å². The minimum Gasteiger partial charge on any atom is -0.493 e. The van der Waals surface area contributed by atoms with Crippen molar-refractivity contribution >= 4 is 67.4 Å². The first-order chi connectivity index (χ1) is 27.3. The summed E-state index contributed by atoms with van der Waals surface area (Å²) in [7, 11) is 1.63. The lowest BCUT2D eigenvalue weighted by atomic mass is 10.2. The Morgan fingerprint density at radius 1 is 0.768 bits per heavy atom. The topological polar surface area (TPSA) is 191 Å². The summed E-state index contributed by atoms with van der Waals surface area (Å²) in [6.07, 6.45) is 5.49. The Balaban J connectivity index is 0.877. The molecule has 0 aliphatic heterocycles. The number of hydroxylamine groups is 2. The normalized spacial score (nSPS) is 11.1. The van der Waals surface area contributed by atoms with Crippen molar-refractivity contribution in [3.63, 3.8) is 0 Å². The number of nitrogens with zero attached hydrogens (tertiary/aromatic N) is 6. The molecule has 18 heteroatoms. The summed E-state index contributed by atoms with van der Waals surface area (Å²) in [6.45, 7) is 3.59. The molecule has 0 unspecified atom stereocenters. The summed E-state index contributed by atoms with van der Waals surface area (Å²) >= 11 is 2.90. The average molecular weight is 789 g/mol. The predicted molar refractivity (Wildman–Crippen MR) is 211 cm³/mol. The van der Waals surface area contributed by atoms with E-state index >= 15 is 0 Å². The fourth-order valence-corrected chi connectivity index (χ4v) is 7.89. The highest BCUT2D eigenvalue weighted by molar-refractivity contribution is 7.19. The van der Waals surface area contributed by atoms with Crippen molar-refractivity contribution < 1.29 is 29.1 Å². The van der Waals surface area contributed by atoms with Crippen molar-refractivity contribution in [2.75, 3.05) is 24.5 Å². The molecule has 0 bridgehead atoms. The van der Waals surface area contributed by atoms with Gasteiger partial charge in [0.1, 0.15) is 5.65 Å². The molecule has 8 rings (SSSR count). The second kappa shape index (κ2) is 15.5. The average Bonchev–Trinajstić information content (AvgIpc) is 4.01. The van der Waals surface area contributed by atoms with Gasteiger partial charge < -0.3 is 20.1 Å². The highest BCUT2D eigenvalue weighted by Crippen LogP contribution is 2.36. The Morgan fingerprint density at radius 3 is 2.04 bits per heavy atom. The van der Waals surface area contributed by atoms with E-state index in [0.717, 1.165) is 43.9 Å². The molecule has 0 saturated heterocycles. The van der Waals surface area contributed by atoms with Crippen LogP contribution in [0.4, 0.5) is 21.6 Å². The van der Waals surface area contributed by atoms with Crippen molar-refractivity contribution in [3.8, 4) is 32.8 Å². The molecule has 56 heavy (non-hydrogen) atoms. The SMILES string of the molecule is COc1cccn2c(-c3cnc(Nc4ccc(C(=O)NOCOc5cccc6nc(C)c(-c7cnc(Nc8ccc(C(=O)NO)cc8)s7)n56)cc4)s3)c(C)nc12. The number of benzene rings is 2. The molecule has 5 N–H and O–H groups in total. The number of nitrogens with one attached hydrogen (secondary N) is 4. The van der Waals surface area contributed by atoms with Gasteiger partial charge in [-0.25, -0.2) is 35.7 Å². The summed E-state index contributed by atoms with van der Waals surface area (Å²) in [5, 5.41) is 16.7. The minimum atomic E-state index is -0.595. The lowest BCUT2D eigenvalue weighted by Gasteiger charge is -2.11. The van der Waals surface area contributed by atoms with Crippen molar-refractivity contribution in [1.29, 1.82) is 0 Å². The van der Waals surface area contributed by atoms with Gasteiger partial charge in [-0.2, -0.15) is 0 Å². The Kier molecular flexibility index (Phi) is 9.99. The molecule has 0 radical (unpaired) electrons. The van der Waals surface area contributed by atoms with Crippen LogP contribution in [0.5, 0.6) is 11.6 Å². The zero-order chi connectivity index (χ0) is 38.8. The molecule has 0 atom stereocenters. The third kappa shape index (κ3) is 7.19. The number of carbonyl (C=O) groups is 2. The van der Waals surface area contributed by atoms with Crippen LogP contribution in [0.3, 0.4) is 0 Å². The number of rotatable bonds is 13. The van der Waals surface area contributed by atoms with Crippen LogP contribution in [0, 0.1) is 13.8 Å². The van der Waals surface area contributed by atoms with Crippen LogP contribution in [0.25, 0.3) is 32.4 Å². The van der Waals surface area contributed by atoms with Crippen LogP contribution < -0.4 is 31.1 Å². The molecular formula is C38H32N10O6S2. The number of aromatic nitrogens is 6. The molecule has 0 saturated carbocycles.